The van der Waals surface area contributed by atoms with Crippen molar-refractivity contribution < 1.29 is 19.2 Å². The molecule has 0 spiro atoms. The molecular weight excluding hydrogens is 308 g/mol. The first-order valence-electron chi connectivity index (χ1n) is 6.69. The Labute approximate surface area is 132 Å². The van der Waals surface area contributed by atoms with E-state index in [1.54, 1.807) is 24.3 Å². The quantitative estimate of drug-likeness (QED) is 0.856. The zero-order valence-electron chi connectivity index (χ0n) is 12.1. The van der Waals surface area contributed by atoms with Gasteiger partial charge in [-0.2, -0.15) is 0 Å². The van der Waals surface area contributed by atoms with E-state index >= 15 is 0 Å². The number of imide groups is 2. The number of rotatable bonds is 4. The van der Waals surface area contributed by atoms with Crippen molar-refractivity contribution in [1.29, 1.82) is 0 Å². The lowest BCUT2D eigenvalue weighted by Gasteiger charge is -2.32. The van der Waals surface area contributed by atoms with Crippen LogP contribution in [-0.2, 0) is 14.4 Å². The van der Waals surface area contributed by atoms with Crippen LogP contribution < -0.4 is 5.32 Å². The number of nitrogens with one attached hydrogen (secondary N) is 1. The number of hydrogen-bond donors (Lipinski definition) is 1. The summed E-state index contributed by atoms with van der Waals surface area (Å²) in [5.41, 5.74) is 0.538. The van der Waals surface area contributed by atoms with E-state index in [0.717, 1.165) is 4.90 Å². The maximum atomic E-state index is 12.3. The molecule has 0 bridgehead atoms. The molecule has 1 aromatic carbocycles. The van der Waals surface area contributed by atoms with Crippen molar-refractivity contribution in [3.8, 4) is 0 Å². The van der Waals surface area contributed by atoms with Crippen LogP contribution in [0.4, 0.5) is 4.79 Å². The second-order valence-corrected chi connectivity index (χ2v) is 5.61. The summed E-state index contributed by atoms with van der Waals surface area (Å²) in [5, 5.41) is 2.49. The smallest absolute Gasteiger partial charge is 0.300 e. The van der Waals surface area contributed by atoms with E-state index < -0.39 is 29.7 Å². The van der Waals surface area contributed by atoms with Crippen molar-refractivity contribution in [1.82, 2.24) is 10.2 Å². The first kappa shape index (κ1) is 16.2. The van der Waals surface area contributed by atoms with Crippen molar-refractivity contribution >= 4 is 35.2 Å². The number of urea groups is 1. The van der Waals surface area contributed by atoms with E-state index in [1.165, 1.54) is 14.0 Å². The zero-order valence-corrected chi connectivity index (χ0v) is 12.9. The Morgan fingerprint density at radius 1 is 1.32 bits per heavy atom. The number of benzene rings is 1. The topological polar surface area (TPSA) is 83.6 Å². The fourth-order valence-electron chi connectivity index (χ4n) is 2.54. The van der Waals surface area contributed by atoms with Crippen LogP contribution in [0.2, 0.25) is 5.02 Å². The van der Waals surface area contributed by atoms with Gasteiger partial charge < -0.3 is 4.79 Å². The van der Waals surface area contributed by atoms with Gasteiger partial charge in [-0.05, 0) is 18.6 Å². The Kier molecular flexibility index (Phi) is 4.61. The number of carbonyl (C=O) groups excluding carboxylic acids is 4. The van der Waals surface area contributed by atoms with Gasteiger partial charge in [-0.15, -0.1) is 0 Å². The highest BCUT2D eigenvalue weighted by atomic mass is 35.5. The first-order valence-corrected chi connectivity index (χ1v) is 7.07. The number of carbonyl (C=O) groups is 4. The summed E-state index contributed by atoms with van der Waals surface area (Å²) >= 11 is 6.15. The molecule has 0 radical (unpaired) electrons. The van der Waals surface area contributed by atoms with Crippen molar-refractivity contribution in [3.05, 3.63) is 34.9 Å². The molecule has 0 aliphatic carbocycles. The molecule has 1 heterocycles. The fourth-order valence-corrected chi connectivity index (χ4v) is 2.81. The van der Waals surface area contributed by atoms with Crippen LogP contribution in [0.15, 0.2) is 24.3 Å². The van der Waals surface area contributed by atoms with Crippen LogP contribution in [0.25, 0.3) is 0 Å². The van der Waals surface area contributed by atoms with Crippen molar-refractivity contribution in [2.75, 3.05) is 7.05 Å². The Morgan fingerprint density at radius 2 is 1.95 bits per heavy atom. The highest BCUT2D eigenvalue weighted by Gasteiger charge is 2.44. The average Bonchev–Trinajstić information content (AvgIpc) is 2.44. The van der Waals surface area contributed by atoms with Crippen LogP contribution in [0, 0.1) is 5.92 Å². The van der Waals surface area contributed by atoms with Gasteiger partial charge in [-0.3, -0.25) is 19.8 Å². The van der Waals surface area contributed by atoms with Crippen LogP contribution in [0.5, 0.6) is 0 Å². The summed E-state index contributed by atoms with van der Waals surface area (Å²) in [6.07, 6.45) is -0.0183. The van der Waals surface area contributed by atoms with Gasteiger partial charge in [-0.25, -0.2) is 4.79 Å². The summed E-state index contributed by atoms with van der Waals surface area (Å²) in [5.74, 6) is -3.40. The van der Waals surface area contributed by atoms with E-state index in [-0.39, 0.29) is 12.2 Å². The molecule has 1 aliphatic heterocycles. The minimum absolute atomic E-state index is 0.0183. The number of Topliss-reactive ketones (excluding diaryl/α,β-unsaturated/α-hetero) is 1. The van der Waals surface area contributed by atoms with E-state index in [2.05, 4.69) is 5.32 Å². The molecular formula is C15H15ClN2O4. The van der Waals surface area contributed by atoms with E-state index in [1.807, 2.05) is 0 Å². The highest BCUT2D eigenvalue weighted by Crippen LogP contribution is 2.35. The summed E-state index contributed by atoms with van der Waals surface area (Å²) < 4.78 is 0. The molecule has 1 aliphatic rings. The zero-order chi connectivity index (χ0) is 16.4. The maximum Gasteiger partial charge on any atom is 0.330 e. The molecule has 6 nitrogen and oxygen atoms in total. The lowest BCUT2D eigenvalue weighted by atomic mass is 9.80. The standard InChI is InChI=1S/C15H15ClN2O4/c1-8(19)7-10(9-5-3-4-6-11(9)16)12-13(20)17-15(22)18(2)14(12)21/h3-6,10,12H,7H2,1-2H3,(H,17,20,22). The molecule has 4 amide bonds. The number of halogens is 1. The van der Waals surface area contributed by atoms with Crippen LogP contribution in [0.3, 0.4) is 0 Å². The largest absolute Gasteiger partial charge is 0.330 e. The minimum Gasteiger partial charge on any atom is -0.300 e. The van der Waals surface area contributed by atoms with Gasteiger partial charge in [0.15, 0.2) is 0 Å². The Balaban J connectivity index is 2.47. The second kappa shape index (κ2) is 6.27. The molecule has 1 saturated heterocycles. The molecule has 2 atom stereocenters. The molecule has 1 aromatic rings. The Hall–Kier alpha value is -2.21. The van der Waals surface area contributed by atoms with Gasteiger partial charge in [0.1, 0.15) is 11.7 Å². The van der Waals surface area contributed by atoms with Crippen LogP contribution in [-0.4, -0.2) is 35.6 Å². The summed E-state index contributed by atoms with van der Waals surface area (Å²) in [6.45, 7) is 1.38. The molecule has 22 heavy (non-hydrogen) atoms. The third-order valence-electron chi connectivity index (χ3n) is 3.63. The number of hydrogen-bond acceptors (Lipinski definition) is 4. The molecule has 1 N–H and O–H groups in total. The monoisotopic (exact) mass is 322 g/mol. The lowest BCUT2D eigenvalue weighted by Crippen LogP contribution is -2.57. The predicted molar refractivity (Wildman–Crippen MR) is 79.3 cm³/mol. The Bertz CT molecular complexity index is 659. The van der Waals surface area contributed by atoms with Crippen molar-refractivity contribution in [2.24, 2.45) is 5.92 Å². The van der Waals surface area contributed by atoms with Gasteiger partial charge in [0.05, 0.1) is 0 Å². The van der Waals surface area contributed by atoms with Crippen molar-refractivity contribution in [2.45, 2.75) is 19.3 Å². The fraction of sp³-hybridized carbons (Fsp3) is 0.333. The summed E-state index contributed by atoms with van der Waals surface area (Å²) in [7, 11) is 1.29. The van der Waals surface area contributed by atoms with Crippen LogP contribution >= 0.6 is 11.6 Å². The molecule has 7 heteroatoms. The first-order chi connectivity index (χ1) is 10.3. The van der Waals surface area contributed by atoms with Gasteiger partial charge in [-0.1, -0.05) is 29.8 Å². The normalized spacial score (nSPS) is 19.9. The number of nitrogens with zero attached hydrogens (tertiary/aromatic N) is 1. The molecule has 116 valence electrons. The second-order valence-electron chi connectivity index (χ2n) is 5.20. The number of ketones is 1. The van der Waals surface area contributed by atoms with Gasteiger partial charge >= 0.3 is 6.03 Å². The molecule has 0 aromatic heterocycles. The third kappa shape index (κ3) is 3.01. The SMILES string of the molecule is CC(=O)CC(c1ccccc1Cl)C1C(=O)NC(=O)N(C)C1=O. The van der Waals surface area contributed by atoms with Gasteiger partial charge in [0, 0.05) is 24.4 Å². The van der Waals surface area contributed by atoms with E-state index in [0.29, 0.717) is 10.6 Å². The summed E-state index contributed by atoms with van der Waals surface area (Å²) in [6, 6.07) is 5.97. The number of amides is 4. The lowest BCUT2D eigenvalue weighted by molar-refractivity contribution is -0.142. The minimum atomic E-state index is -1.16. The highest BCUT2D eigenvalue weighted by molar-refractivity contribution is 6.31. The summed E-state index contributed by atoms with van der Waals surface area (Å²) in [4.78, 5) is 48.4. The molecule has 0 saturated carbocycles. The molecule has 2 unspecified atom stereocenters. The van der Waals surface area contributed by atoms with Crippen LogP contribution in [0.1, 0.15) is 24.8 Å². The predicted octanol–water partition coefficient (Wildman–Crippen LogP) is 1.73. The Morgan fingerprint density at radius 3 is 2.55 bits per heavy atom. The van der Waals surface area contributed by atoms with E-state index in [9.17, 15) is 19.2 Å². The average molecular weight is 323 g/mol. The number of barbiturate groups is 1. The van der Waals surface area contributed by atoms with E-state index in [4.69, 9.17) is 11.6 Å². The third-order valence-corrected chi connectivity index (χ3v) is 3.97. The van der Waals surface area contributed by atoms with Gasteiger partial charge in [0.25, 0.3) is 0 Å². The van der Waals surface area contributed by atoms with Gasteiger partial charge in [0.2, 0.25) is 11.8 Å². The van der Waals surface area contributed by atoms with Crippen molar-refractivity contribution in [3.63, 3.8) is 0 Å². The molecule has 1 fully saturated rings. The maximum absolute atomic E-state index is 12.3. The molecule has 2 rings (SSSR count).